The molecule has 5 rings (SSSR count). The molecule has 33 heavy (non-hydrogen) atoms. The van der Waals surface area contributed by atoms with Gasteiger partial charge in [0, 0.05) is 40.8 Å². The zero-order valence-electron chi connectivity index (χ0n) is 17.7. The second-order valence-corrected chi connectivity index (χ2v) is 9.37. The Kier molecular flexibility index (Phi) is 5.02. The molecule has 2 aromatic carbocycles. The average Bonchev–Trinajstić information content (AvgIpc) is 3.26. The van der Waals surface area contributed by atoms with Gasteiger partial charge in [-0.25, -0.2) is 27.3 Å². The van der Waals surface area contributed by atoms with Crippen LogP contribution in [0.25, 0.3) is 22.3 Å². The van der Waals surface area contributed by atoms with Crippen LogP contribution in [0.2, 0.25) is 0 Å². The maximum absolute atomic E-state index is 13.0. The molecule has 3 heterocycles. The Morgan fingerprint density at radius 3 is 2.58 bits per heavy atom. The summed E-state index contributed by atoms with van der Waals surface area (Å²) in [5, 5.41) is 3.95. The van der Waals surface area contributed by atoms with E-state index in [0.29, 0.717) is 28.2 Å². The van der Waals surface area contributed by atoms with Crippen molar-refractivity contribution in [2.24, 2.45) is 0 Å². The molecule has 0 amide bonds. The van der Waals surface area contributed by atoms with E-state index < -0.39 is 10.0 Å². The zero-order valence-corrected chi connectivity index (χ0v) is 18.5. The lowest BCUT2D eigenvalue weighted by Crippen LogP contribution is -2.12. The lowest BCUT2D eigenvalue weighted by atomic mass is 10.1. The van der Waals surface area contributed by atoms with E-state index >= 15 is 0 Å². The van der Waals surface area contributed by atoms with E-state index in [0.717, 1.165) is 16.8 Å². The van der Waals surface area contributed by atoms with Crippen LogP contribution >= 0.6 is 0 Å². The molecule has 3 aromatic heterocycles. The van der Waals surface area contributed by atoms with Gasteiger partial charge in [-0.1, -0.05) is 24.3 Å². The average molecular weight is 457 g/mol. The van der Waals surface area contributed by atoms with Crippen molar-refractivity contribution >= 4 is 38.2 Å². The van der Waals surface area contributed by atoms with Gasteiger partial charge in [-0.2, -0.15) is 0 Å². The highest BCUT2D eigenvalue weighted by Crippen LogP contribution is 2.27. The molecule has 5 aromatic rings. The van der Waals surface area contributed by atoms with Crippen LogP contribution in [0.15, 0.2) is 90.3 Å². The third-order valence-electron chi connectivity index (χ3n) is 5.28. The van der Waals surface area contributed by atoms with E-state index in [9.17, 15) is 8.42 Å². The van der Waals surface area contributed by atoms with Crippen LogP contribution in [0.4, 0.5) is 17.2 Å². The molecule has 0 unspecified atom stereocenters. The van der Waals surface area contributed by atoms with E-state index in [-0.39, 0.29) is 4.90 Å². The smallest absolute Gasteiger partial charge is 0.269 e. The van der Waals surface area contributed by atoms with Crippen LogP contribution in [0, 0.1) is 6.92 Å². The van der Waals surface area contributed by atoms with Crippen molar-refractivity contribution in [3.05, 3.63) is 91.0 Å². The summed E-state index contributed by atoms with van der Waals surface area (Å²) < 4.78 is 27.2. The number of nitrogens with one attached hydrogen (secondary N) is 1. The van der Waals surface area contributed by atoms with E-state index in [2.05, 4.69) is 20.3 Å². The lowest BCUT2D eigenvalue weighted by molar-refractivity contribution is 0.589. The van der Waals surface area contributed by atoms with E-state index in [1.54, 1.807) is 42.6 Å². The van der Waals surface area contributed by atoms with Crippen molar-refractivity contribution < 1.29 is 8.42 Å². The monoisotopic (exact) mass is 456 g/mol. The zero-order chi connectivity index (χ0) is 23.0. The Balaban J connectivity index is 1.49. The molecule has 0 fully saturated rings. The molecule has 0 radical (unpaired) electrons. The molecular weight excluding hydrogens is 436 g/mol. The summed E-state index contributed by atoms with van der Waals surface area (Å²) in [5.41, 5.74) is 10.2. The summed E-state index contributed by atoms with van der Waals surface area (Å²) >= 11 is 0. The highest BCUT2D eigenvalue weighted by Gasteiger charge is 2.19. The highest BCUT2D eigenvalue weighted by molar-refractivity contribution is 7.90. The molecule has 0 aliphatic carbocycles. The van der Waals surface area contributed by atoms with E-state index in [4.69, 9.17) is 5.73 Å². The Bertz CT molecular complexity index is 1580. The molecule has 0 atom stereocenters. The van der Waals surface area contributed by atoms with Crippen molar-refractivity contribution in [1.82, 2.24) is 18.9 Å². The van der Waals surface area contributed by atoms with Crippen molar-refractivity contribution in [3.8, 4) is 11.3 Å². The Morgan fingerprint density at radius 1 is 0.939 bits per heavy atom. The molecule has 0 saturated carbocycles. The Hall–Kier alpha value is -4.24. The molecule has 8 nitrogen and oxygen atoms in total. The van der Waals surface area contributed by atoms with Gasteiger partial charge in [0.15, 0.2) is 5.65 Å². The maximum Gasteiger partial charge on any atom is 0.269 e. The lowest BCUT2D eigenvalue weighted by Gasteiger charge is -2.10. The standard InChI is InChI=1S/C24H20N6O2S/c1-16-7-8-19(25)12-21(16)29-23-13-22(27-15-28-23)18-11-17-9-10-30(24(17)26-14-18)33(31,32)20-5-3-2-4-6-20/h2-15H,25H2,1H3,(H,27,28,29). The van der Waals surface area contributed by atoms with Gasteiger partial charge < -0.3 is 11.1 Å². The largest absolute Gasteiger partial charge is 0.399 e. The first kappa shape index (κ1) is 20.7. The molecule has 0 spiro atoms. The molecule has 164 valence electrons. The molecule has 0 saturated heterocycles. The first-order valence-corrected chi connectivity index (χ1v) is 11.6. The Labute approximate surface area is 190 Å². The number of benzene rings is 2. The predicted molar refractivity (Wildman–Crippen MR) is 129 cm³/mol. The van der Waals surface area contributed by atoms with Crippen molar-refractivity contribution in [2.75, 3.05) is 11.1 Å². The number of pyridine rings is 1. The molecule has 3 N–H and O–H groups in total. The van der Waals surface area contributed by atoms with Crippen LogP contribution in [-0.4, -0.2) is 27.3 Å². The summed E-state index contributed by atoms with van der Waals surface area (Å²) in [6.07, 6.45) is 4.59. The predicted octanol–water partition coefficient (Wildman–Crippen LogP) is 4.36. The third-order valence-corrected chi connectivity index (χ3v) is 6.96. The number of hydrogen-bond acceptors (Lipinski definition) is 7. The summed E-state index contributed by atoms with van der Waals surface area (Å²) in [7, 11) is -3.74. The molecule has 0 aliphatic rings. The molecule has 0 bridgehead atoms. The minimum Gasteiger partial charge on any atom is -0.399 e. The van der Waals surface area contributed by atoms with Crippen molar-refractivity contribution in [1.29, 1.82) is 0 Å². The van der Waals surface area contributed by atoms with Gasteiger partial charge in [0.1, 0.15) is 12.1 Å². The molecular formula is C24H20N6O2S. The summed E-state index contributed by atoms with van der Waals surface area (Å²) in [4.78, 5) is 13.3. The first-order valence-electron chi connectivity index (χ1n) is 10.2. The number of rotatable bonds is 5. The fourth-order valence-corrected chi connectivity index (χ4v) is 4.87. The minimum atomic E-state index is -3.74. The minimum absolute atomic E-state index is 0.205. The summed E-state index contributed by atoms with van der Waals surface area (Å²) in [6.45, 7) is 1.98. The van der Waals surface area contributed by atoms with Crippen LogP contribution in [0.5, 0.6) is 0 Å². The van der Waals surface area contributed by atoms with E-state index in [1.807, 2.05) is 37.3 Å². The normalized spacial score (nSPS) is 11.5. The second-order valence-electron chi connectivity index (χ2n) is 7.55. The van der Waals surface area contributed by atoms with Crippen LogP contribution < -0.4 is 11.1 Å². The highest BCUT2D eigenvalue weighted by atomic mass is 32.2. The molecule has 9 heteroatoms. The fourth-order valence-electron chi connectivity index (χ4n) is 3.54. The van der Waals surface area contributed by atoms with Gasteiger partial charge in [0.25, 0.3) is 10.0 Å². The maximum atomic E-state index is 13.0. The Morgan fingerprint density at radius 2 is 1.76 bits per heavy atom. The first-order chi connectivity index (χ1) is 15.9. The van der Waals surface area contributed by atoms with Gasteiger partial charge in [-0.05, 0) is 48.9 Å². The van der Waals surface area contributed by atoms with Gasteiger partial charge in [-0.15, -0.1) is 0 Å². The number of nitrogens with zero attached hydrogens (tertiary/aromatic N) is 4. The topological polar surface area (TPSA) is 116 Å². The van der Waals surface area contributed by atoms with Crippen LogP contribution in [0.1, 0.15) is 5.56 Å². The number of anilines is 3. The summed E-state index contributed by atoms with van der Waals surface area (Å²) in [6, 6.07) is 19.3. The number of aryl methyl sites for hydroxylation is 1. The number of fused-ring (bicyclic) bond motifs is 1. The summed E-state index contributed by atoms with van der Waals surface area (Å²) in [5.74, 6) is 0.609. The molecule has 0 aliphatic heterocycles. The quantitative estimate of drug-likeness (QED) is 0.377. The number of nitrogens with two attached hydrogens (primary N) is 1. The number of nitrogen functional groups attached to an aromatic ring is 1. The second kappa shape index (κ2) is 8.03. The SMILES string of the molecule is Cc1ccc(N)cc1Nc1cc(-c2cnc3c(ccn3S(=O)(=O)c3ccccc3)c2)ncn1. The van der Waals surface area contributed by atoms with Crippen molar-refractivity contribution in [3.63, 3.8) is 0 Å². The third kappa shape index (κ3) is 3.90. The fraction of sp³-hybridized carbons (Fsp3) is 0.0417. The van der Waals surface area contributed by atoms with Crippen LogP contribution in [0.3, 0.4) is 0 Å². The van der Waals surface area contributed by atoms with Gasteiger partial charge >= 0.3 is 0 Å². The van der Waals surface area contributed by atoms with Gasteiger partial charge in [-0.3, -0.25) is 0 Å². The van der Waals surface area contributed by atoms with Gasteiger partial charge in [0.05, 0.1) is 10.6 Å². The number of aromatic nitrogens is 4. The van der Waals surface area contributed by atoms with Gasteiger partial charge in [0.2, 0.25) is 0 Å². The van der Waals surface area contributed by atoms with E-state index in [1.165, 1.54) is 16.5 Å². The van der Waals surface area contributed by atoms with Crippen molar-refractivity contribution in [2.45, 2.75) is 11.8 Å². The van der Waals surface area contributed by atoms with Crippen LogP contribution in [-0.2, 0) is 10.0 Å². The number of hydrogen-bond donors (Lipinski definition) is 2.